The van der Waals surface area contributed by atoms with Crippen LogP contribution in [0.1, 0.15) is 63.9 Å². The Morgan fingerprint density at radius 2 is 1.83 bits per heavy atom. The molecule has 0 radical (unpaired) electrons. The summed E-state index contributed by atoms with van der Waals surface area (Å²) in [5.41, 5.74) is 0.920. The first-order valence-electron chi connectivity index (χ1n) is 12.1. The van der Waals surface area contributed by atoms with Gasteiger partial charge >= 0.3 is 12.1 Å². The quantitative estimate of drug-likeness (QED) is 0.492. The average molecular weight is 497 g/mol. The van der Waals surface area contributed by atoms with Gasteiger partial charge in [0.1, 0.15) is 17.7 Å². The van der Waals surface area contributed by atoms with E-state index in [1.807, 2.05) is 13.8 Å². The number of nitrogens with one attached hydrogen (secondary N) is 2. The number of aliphatic hydroxyl groups excluding tert-OH is 1. The van der Waals surface area contributed by atoms with Crippen molar-refractivity contribution in [3.8, 4) is 0 Å². The smallest absolute Gasteiger partial charge is 0.410 e. The van der Waals surface area contributed by atoms with E-state index in [2.05, 4.69) is 15.8 Å². The van der Waals surface area contributed by atoms with Gasteiger partial charge in [-0.15, -0.1) is 0 Å². The highest BCUT2D eigenvalue weighted by Crippen LogP contribution is 2.35. The first-order chi connectivity index (χ1) is 16.8. The normalized spacial score (nSPS) is 18.9. The number of amides is 3. The molecular formula is C24H34F2N4O5. The number of carbonyl (C=O) groups excluding carboxylic acids is 2. The molecular weight excluding hydrogens is 462 g/mol. The van der Waals surface area contributed by atoms with Gasteiger partial charge in [-0.25, -0.2) is 18.4 Å². The largest absolute Gasteiger partial charge is 0.447 e. The summed E-state index contributed by atoms with van der Waals surface area (Å²) < 4.78 is 34.4. The van der Waals surface area contributed by atoms with Crippen LogP contribution in [0.15, 0.2) is 17.3 Å². The molecule has 0 unspecified atom stereocenters. The predicted molar refractivity (Wildman–Crippen MR) is 126 cm³/mol. The summed E-state index contributed by atoms with van der Waals surface area (Å²) in [5.74, 6) is -1.45. The number of aliphatic hydroxyl groups is 1. The lowest BCUT2D eigenvalue weighted by Gasteiger charge is -2.31. The number of rotatable bonds is 7. The first-order valence-corrected chi connectivity index (χ1v) is 12.1. The molecule has 3 amide bonds. The monoisotopic (exact) mass is 496 g/mol. The molecule has 0 spiro atoms. The van der Waals surface area contributed by atoms with Gasteiger partial charge in [0.2, 0.25) is 0 Å². The third-order valence-corrected chi connectivity index (χ3v) is 6.10. The van der Waals surface area contributed by atoms with Crippen LogP contribution in [-0.4, -0.2) is 66.3 Å². The van der Waals surface area contributed by atoms with Crippen molar-refractivity contribution in [3.63, 3.8) is 0 Å². The number of urea groups is 1. The van der Waals surface area contributed by atoms with Crippen molar-refractivity contribution < 1.29 is 33.1 Å². The van der Waals surface area contributed by atoms with Crippen LogP contribution in [0.2, 0.25) is 0 Å². The molecule has 3 rings (SSSR count). The molecule has 11 heteroatoms. The summed E-state index contributed by atoms with van der Waals surface area (Å²) in [4.78, 5) is 31.0. The van der Waals surface area contributed by atoms with Gasteiger partial charge in [-0.2, -0.15) is 0 Å². The van der Waals surface area contributed by atoms with Crippen LogP contribution >= 0.6 is 0 Å². The van der Waals surface area contributed by atoms with Crippen LogP contribution in [0.25, 0.3) is 0 Å². The SMILES string of the molecule is CC(C)OC(=O)N1CCC(ON=C2CCC(c3cc(F)c(NC(=O)NCCO)cc3F)CC2)CC1. The van der Waals surface area contributed by atoms with Crippen LogP contribution in [0.5, 0.6) is 0 Å². The maximum atomic E-state index is 14.7. The van der Waals surface area contributed by atoms with Gasteiger partial charge in [0.05, 0.1) is 24.1 Å². The van der Waals surface area contributed by atoms with Gasteiger partial charge in [0.25, 0.3) is 0 Å². The number of nitrogens with zero attached hydrogens (tertiary/aromatic N) is 2. The predicted octanol–water partition coefficient (Wildman–Crippen LogP) is 4.12. The standard InChI is InChI=1S/C24H34F2N4O5/c1-15(2)34-24(33)30-10-7-18(8-11-30)35-29-17-5-3-16(4-6-17)19-13-21(26)22(14-20(19)25)28-23(32)27-9-12-31/h13-16,18,31H,3-12H2,1-2H3,(H2,27,28,32). The minimum atomic E-state index is -0.718. The van der Waals surface area contributed by atoms with Crippen molar-refractivity contribution in [2.24, 2.45) is 5.16 Å². The topological polar surface area (TPSA) is 112 Å². The van der Waals surface area contributed by atoms with Crippen LogP contribution in [0.4, 0.5) is 24.1 Å². The van der Waals surface area contributed by atoms with Gasteiger partial charge in [-0.3, -0.25) is 0 Å². The van der Waals surface area contributed by atoms with Crippen LogP contribution in [-0.2, 0) is 9.57 Å². The molecule has 1 saturated carbocycles. The molecule has 0 bridgehead atoms. The van der Waals surface area contributed by atoms with Crippen molar-refractivity contribution in [2.45, 2.75) is 70.5 Å². The average Bonchev–Trinajstić information content (AvgIpc) is 2.83. The van der Waals surface area contributed by atoms with Gasteiger partial charge in [0, 0.05) is 38.5 Å². The molecule has 3 N–H and O–H groups in total. The fourth-order valence-corrected chi connectivity index (χ4v) is 4.23. The molecule has 1 saturated heterocycles. The van der Waals surface area contributed by atoms with E-state index in [0.29, 0.717) is 51.6 Å². The van der Waals surface area contributed by atoms with Crippen molar-refractivity contribution >= 4 is 23.5 Å². The lowest BCUT2D eigenvalue weighted by Crippen LogP contribution is -2.41. The summed E-state index contributed by atoms with van der Waals surface area (Å²) in [7, 11) is 0. The Bertz CT molecular complexity index is 909. The van der Waals surface area contributed by atoms with Crippen molar-refractivity contribution in [1.82, 2.24) is 10.2 Å². The lowest BCUT2D eigenvalue weighted by atomic mass is 9.83. The number of likely N-dealkylation sites (tertiary alicyclic amines) is 1. The van der Waals surface area contributed by atoms with Crippen molar-refractivity contribution in [2.75, 3.05) is 31.6 Å². The second kappa shape index (κ2) is 12.7. The summed E-state index contributed by atoms with van der Waals surface area (Å²) in [6.07, 6.45) is 3.30. The second-order valence-electron chi connectivity index (χ2n) is 9.11. The number of piperidine rings is 1. The van der Waals surface area contributed by atoms with E-state index in [4.69, 9.17) is 14.7 Å². The Hall–Kier alpha value is -2.95. The van der Waals surface area contributed by atoms with Crippen LogP contribution in [0, 0.1) is 11.6 Å². The van der Waals surface area contributed by atoms with E-state index in [9.17, 15) is 18.4 Å². The van der Waals surface area contributed by atoms with Gasteiger partial charge < -0.3 is 30.2 Å². The summed E-state index contributed by atoms with van der Waals surface area (Å²) >= 11 is 0. The van der Waals surface area contributed by atoms with Crippen molar-refractivity contribution in [3.05, 3.63) is 29.3 Å². The highest BCUT2D eigenvalue weighted by Gasteiger charge is 2.27. The maximum absolute atomic E-state index is 14.7. The zero-order chi connectivity index (χ0) is 25.4. The summed E-state index contributed by atoms with van der Waals surface area (Å²) in [6, 6.07) is 1.40. The highest BCUT2D eigenvalue weighted by atomic mass is 19.1. The van der Waals surface area contributed by atoms with E-state index < -0.39 is 17.7 Å². The van der Waals surface area contributed by atoms with E-state index in [-0.39, 0.29) is 48.6 Å². The number of carbonyl (C=O) groups is 2. The zero-order valence-electron chi connectivity index (χ0n) is 20.2. The lowest BCUT2D eigenvalue weighted by molar-refractivity contribution is 0.00403. The first kappa shape index (κ1) is 26.7. The number of halogens is 2. The van der Waals surface area contributed by atoms with Crippen LogP contribution < -0.4 is 10.6 Å². The molecule has 1 aliphatic carbocycles. The molecule has 1 heterocycles. The number of ether oxygens (including phenoxy) is 1. The third kappa shape index (κ3) is 7.78. The molecule has 1 aromatic carbocycles. The molecule has 2 aliphatic rings. The maximum Gasteiger partial charge on any atom is 0.410 e. The number of oxime groups is 1. The molecule has 1 aromatic rings. The van der Waals surface area contributed by atoms with Gasteiger partial charge in [-0.1, -0.05) is 5.16 Å². The summed E-state index contributed by atoms with van der Waals surface area (Å²) in [5, 5.41) is 17.6. The fourth-order valence-electron chi connectivity index (χ4n) is 4.23. The number of benzene rings is 1. The fraction of sp³-hybridized carbons (Fsp3) is 0.625. The Morgan fingerprint density at radius 3 is 2.46 bits per heavy atom. The van der Waals surface area contributed by atoms with Crippen LogP contribution in [0.3, 0.4) is 0 Å². The highest BCUT2D eigenvalue weighted by molar-refractivity contribution is 5.89. The number of hydrogen-bond donors (Lipinski definition) is 3. The minimum absolute atomic E-state index is 0.00974. The zero-order valence-corrected chi connectivity index (χ0v) is 20.2. The van der Waals surface area contributed by atoms with E-state index in [0.717, 1.165) is 17.8 Å². The summed E-state index contributed by atoms with van der Waals surface area (Å²) in [6.45, 7) is 4.51. The van der Waals surface area contributed by atoms with Gasteiger partial charge in [0.15, 0.2) is 0 Å². The minimum Gasteiger partial charge on any atom is -0.447 e. The Kier molecular flexibility index (Phi) is 9.64. The van der Waals surface area contributed by atoms with E-state index in [1.165, 1.54) is 0 Å². The number of anilines is 1. The number of hydrogen-bond acceptors (Lipinski definition) is 6. The second-order valence-corrected chi connectivity index (χ2v) is 9.11. The van der Waals surface area contributed by atoms with E-state index in [1.54, 1.807) is 4.90 Å². The van der Waals surface area contributed by atoms with Gasteiger partial charge in [-0.05, 0) is 57.1 Å². The molecule has 1 aliphatic heterocycles. The Balaban J connectivity index is 1.47. The Morgan fingerprint density at radius 1 is 1.14 bits per heavy atom. The van der Waals surface area contributed by atoms with Crippen molar-refractivity contribution in [1.29, 1.82) is 0 Å². The van der Waals surface area contributed by atoms with E-state index >= 15 is 0 Å². The molecule has 2 fully saturated rings. The Labute approximate surface area is 203 Å². The molecule has 9 nitrogen and oxygen atoms in total. The molecule has 0 atom stereocenters. The molecule has 35 heavy (non-hydrogen) atoms. The molecule has 194 valence electrons. The third-order valence-electron chi connectivity index (χ3n) is 6.10. The molecule has 0 aromatic heterocycles.